The van der Waals surface area contributed by atoms with E-state index in [1.165, 1.54) is 0 Å². The Labute approximate surface area is 142 Å². The fraction of sp³-hybridized carbons (Fsp3) is 0.400. The van der Waals surface area contributed by atoms with E-state index >= 15 is 0 Å². The van der Waals surface area contributed by atoms with Gasteiger partial charge >= 0.3 is 0 Å². The molecule has 0 spiro atoms. The van der Waals surface area contributed by atoms with Crippen LogP contribution in [0.1, 0.15) is 49.2 Å². The summed E-state index contributed by atoms with van der Waals surface area (Å²) in [5.41, 5.74) is 1.49. The van der Waals surface area contributed by atoms with Crippen molar-refractivity contribution in [1.29, 1.82) is 5.26 Å². The molecular formula is C20H22N2O2. The molecule has 1 heterocycles. The number of rotatable bonds is 0. The van der Waals surface area contributed by atoms with Gasteiger partial charge in [-0.15, -0.1) is 0 Å². The molecule has 2 aromatic carbocycles. The van der Waals surface area contributed by atoms with Gasteiger partial charge < -0.3 is 9.64 Å². The second-order valence-corrected chi connectivity index (χ2v) is 7.32. The average molecular weight is 322 g/mol. The monoisotopic (exact) mass is 322 g/mol. The molecule has 3 rings (SSSR count). The maximum Gasteiger partial charge on any atom is 0.255 e. The summed E-state index contributed by atoms with van der Waals surface area (Å²) in [6.45, 7) is 8.85. The van der Waals surface area contributed by atoms with E-state index < -0.39 is 0 Å². The van der Waals surface area contributed by atoms with Crippen LogP contribution in [0, 0.1) is 11.3 Å². The first-order valence-electron chi connectivity index (χ1n) is 8.21. The molecule has 0 aliphatic carbocycles. The molecule has 1 atom stereocenters. The Morgan fingerprint density at radius 2 is 2.00 bits per heavy atom. The Hall–Kier alpha value is -2.38. The van der Waals surface area contributed by atoms with Crippen LogP contribution < -0.4 is 0 Å². The van der Waals surface area contributed by atoms with Crippen LogP contribution in [-0.4, -0.2) is 29.0 Å². The van der Waals surface area contributed by atoms with Gasteiger partial charge in [0.1, 0.15) is 0 Å². The molecule has 0 fully saturated rings. The summed E-state index contributed by atoms with van der Waals surface area (Å²) in [7, 11) is 0. The number of carbonyl (C=O) groups excluding carboxylic acids is 1. The molecule has 0 radical (unpaired) electrons. The quantitative estimate of drug-likeness (QED) is 0.740. The van der Waals surface area contributed by atoms with Gasteiger partial charge in [0.15, 0.2) is 0 Å². The molecule has 0 unspecified atom stereocenters. The zero-order valence-electron chi connectivity index (χ0n) is 14.6. The number of ether oxygens (including phenoxy) is 1. The Morgan fingerprint density at radius 3 is 2.67 bits per heavy atom. The molecule has 0 saturated heterocycles. The Bertz CT molecular complexity index is 843. The van der Waals surface area contributed by atoms with Crippen molar-refractivity contribution >= 4 is 16.7 Å². The van der Waals surface area contributed by atoms with Gasteiger partial charge in [-0.3, -0.25) is 4.79 Å². The molecule has 0 N–H and O–H groups in total. The van der Waals surface area contributed by atoms with Gasteiger partial charge in [-0.2, -0.15) is 5.26 Å². The highest BCUT2D eigenvalue weighted by molar-refractivity contribution is 6.09. The first-order valence-corrected chi connectivity index (χ1v) is 8.21. The summed E-state index contributed by atoms with van der Waals surface area (Å²) in [5, 5.41) is 11.3. The molecule has 1 aliphatic rings. The van der Waals surface area contributed by atoms with Crippen molar-refractivity contribution in [3.8, 4) is 6.07 Å². The maximum absolute atomic E-state index is 13.4. The van der Waals surface area contributed by atoms with Crippen LogP contribution in [-0.2, 0) is 11.3 Å². The van der Waals surface area contributed by atoms with E-state index in [0.29, 0.717) is 23.2 Å². The smallest absolute Gasteiger partial charge is 0.255 e. The van der Waals surface area contributed by atoms with E-state index in [0.717, 1.165) is 10.8 Å². The summed E-state index contributed by atoms with van der Waals surface area (Å²) in [4.78, 5) is 15.3. The first kappa shape index (κ1) is 16.5. The topological polar surface area (TPSA) is 53.3 Å². The van der Waals surface area contributed by atoms with E-state index in [1.807, 2.05) is 62.9 Å². The van der Waals surface area contributed by atoms with Crippen LogP contribution in [0.25, 0.3) is 10.8 Å². The third kappa shape index (κ3) is 2.76. The van der Waals surface area contributed by atoms with Crippen LogP contribution >= 0.6 is 0 Å². The Kier molecular flexibility index (Phi) is 4.06. The molecule has 4 heteroatoms. The zero-order chi connectivity index (χ0) is 17.5. The summed E-state index contributed by atoms with van der Waals surface area (Å²) in [5.74, 6) is -0.0269. The number of amides is 1. The Balaban J connectivity index is 2.33. The lowest BCUT2D eigenvalue weighted by molar-refractivity contribution is 0.000308. The van der Waals surface area contributed by atoms with E-state index in [-0.39, 0.29) is 24.2 Å². The number of carbonyl (C=O) groups is 1. The average Bonchev–Trinajstić information content (AvgIpc) is 2.53. The number of nitrogens with zero attached hydrogens (tertiary/aromatic N) is 2. The van der Waals surface area contributed by atoms with Crippen LogP contribution in [0.2, 0.25) is 0 Å². The molecule has 0 aromatic heterocycles. The number of hydrogen-bond acceptors (Lipinski definition) is 3. The summed E-state index contributed by atoms with van der Waals surface area (Å²) < 4.78 is 5.93. The summed E-state index contributed by atoms with van der Waals surface area (Å²) >= 11 is 0. The standard InChI is InChI=1S/C20H22N2O2/c1-13-11-22(20(2,3)4)19(23)18-16-8-6-5-7-14(16)9-15(10-21)17(18)12-24-13/h5-9,13H,11-12H2,1-4H3/t13-/m1/s1. The third-order valence-electron chi connectivity index (χ3n) is 4.50. The first-order chi connectivity index (χ1) is 11.3. The molecule has 24 heavy (non-hydrogen) atoms. The van der Waals surface area contributed by atoms with Gasteiger partial charge in [-0.25, -0.2) is 0 Å². The summed E-state index contributed by atoms with van der Waals surface area (Å²) in [6, 6.07) is 11.8. The van der Waals surface area contributed by atoms with Crippen LogP contribution in [0.5, 0.6) is 0 Å². The second kappa shape index (κ2) is 5.92. The molecule has 0 bridgehead atoms. The number of nitriles is 1. The van der Waals surface area contributed by atoms with E-state index in [4.69, 9.17) is 4.74 Å². The fourth-order valence-corrected chi connectivity index (χ4v) is 3.22. The molecule has 4 nitrogen and oxygen atoms in total. The highest BCUT2D eigenvalue weighted by Crippen LogP contribution is 2.31. The van der Waals surface area contributed by atoms with Crippen LogP contribution in [0.4, 0.5) is 0 Å². The summed E-state index contributed by atoms with van der Waals surface area (Å²) in [6.07, 6.45) is -0.0839. The maximum atomic E-state index is 13.4. The molecule has 1 aliphatic heterocycles. The van der Waals surface area contributed by atoms with Crippen LogP contribution in [0.15, 0.2) is 30.3 Å². The predicted octanol–water partition coefficient (Wildman–Crippen LogP) is 3.87. The highest BCUT2D eigenvalue weighted by atomic mass is 16.5. The fourth-order valence-electron chi connectivity index (χ4n) is 3.22. The van der Waals surface area contributed by atoms with E-state index in [2.05, 4.69) is 6.07 Å². The number of benzene rings is 2. The highest BCUT2D eigenvalue weighted by Gasteiger charge is 2.33. The van der Waals surface area contributed by atoms with Gasteiger partial charge in [0.2, 0.25) is 0 Å². The SMILES string of the molecule is C[C@@H]1CN(C(C)(C)C)C(=O)c2c(c(C#N)cc3ccccc23)CO1. The van der Waals surface area contributed by atoms with Crippen molar-refractivity contribution in [2.45, 2.75) is 45.9 Å². The van der Waals surface area contributed by atoms with Gasteiger partial charge in [0.05, 0.1) is 29.9 Å². The van der Waals surface area contributed by atoms with Gasteiger partial charge in [0.25, 0.3) is 5.91 Å². The predicted molar refractivity (Wildman–Crippen MR) is 93.7 cm³/mol. The lowest BCUT2D eigenvalue weighted by atomic mass is 9.91. The normalized spacial score (nSPS) is 18.7. The van der Waals surface area contributed by atoms with Crippen molar-refractivity contribution in [3.63, 3.8) is 0 Å². The number of fused-ring (bicyclic) bond motifs is 3. The lowest BCUT2D eigenvalue weighted by Gasteiger charge is -2.39. The van der Waals surface area contributed by atoms with Crippen molar-refractivity contribution in [2.75, 3.05) is 6.54 Å². The van der Waals surface area contributed by atoms with Crippen molar-refractivity contribution in [3.05, 3.63) is 47.0 Å². The minimum absolute atomic E-state index is 0.0269. The lowest BCUT2D eigenvalue weighted by Crippen LogP contribution is -2.50. The van der Waals surface area contributed by atoms with Gasteiger partial charge in [-0.1, -0.05) is 24.3 Å². The molecule has 124 valence electrons. The van der Waals surface area contributed by atoms with E-state index in [1.54, 1.807) is 0 Å². The van der Waals surface area contributed by atoms with Crippen molar-refractivity contribution in [1.82, 2.24) is 4.90 Å². The zero-order valence-corrected chi connectivity index (χ0v) is 14.6. The van der Waals surface area contributed by atoms with Gasteiger partial charge in [-0.05, 0) is 44.5 Å². The Morgan fingerprint density at radius 1 is 1.29 bits per heavy atom. The van der Waals surface area contributed by atoms with Crippen molar-refractivity contribution < 1.29 is 9.53 Å². The van der Waals surface area contributed by atoms with Crippen LogP contribution in [0.3, 0.4) is 0 Å². The second-order valence-electron chi connectivity index (χ2n) is 7.32. The van der Waals surface area contributed by atoms with Gasteiger partial charge in [0, 0.05) is 17.6 Å². The molecule has 1 amide bonds. The molecule has 2 aromatic rings. The minimum Gasteiger partial charge on any atom is -0.372 e. The molecular weight excluding hydrogens is 300 g/mol. The number of hydrogen-bond donors (Lipinski definition) is 0. The van der Waals surface area contributed by atoms with Crippen molar-refractivity contribution in [2.24, 2.45) is 0 Å². The van der Waals surface area contributed by atoms with E-state index in [9.17, 15) is 10.1 Å². The molecule has 0 saturated carbocycles. The minimum atomic E-state index is -0.326. The third-order valence-corrected chi connectivity index (χ3v) is 4.50. The largest absolute Gasteiger partial charge is 0.372 e.